The number of piperidine rings is 1. The maximum atomic E-state index is 13.1. The molecule has 0 bridgehead atoms. The highest BCUT2D eigenvalue weighted by Crippen LogP contribution is 2.36. The van der Waals surface area contributed by atoms with Gasteiger partial charge in [0, 0.05) is 53.2 Å². The number of amides is 2. The highest BCUT2D eigenvalue weighted by atomic mass is 16.2. The molecular weight excluding hydrogens is 476 g/mol. The predicted octanol–water partition coefficient (Wildman–Crippen LogP) is 4.31. The number of para-hydroxylation sites is 1. The first-order valence-corrected chi connectivity index (χ1v) is 12.8. The Labute approximate surface area is 222 Å². The average molecular weight is 509 g/mol. The molecule has 1 saturated heterocycles. The number of fused-ring (bicyclic) bond motifs is 1. The summed E-state index contributed by atoms with van der Waals surface area (Å²) in [5.41, 5.74) is 13.3. The SMILES string of the molecule is Cc1[nH]c(/C=C2\C(=O)Nc3ccc(C(C=Nc4ccccc4)=CN)cc32)c(C)c1C(=O)N[C@H]1CCCNC1. The van der Waals surface area contributed by atoms with Crippen molar-refractivity contribution in [3.63, 3.8) is 0 Å². The number of nitrogens with two attached hydrogens (primary N) is 1. The lowest BCUT2D eigenvalue weighted by Gasteiger charge is -2.23. The van der Waals surface area contributed by atoms with Gasteiger partial charge in [-0.3, -0.25) is 14.6 Å². The van der Waals surface area contributed by atoms with Crippen LogP contribution in [0.4, 0.5) is 11.4 Å². The van der Waals surface area contributed by atoms with E-state index >= 15 is 0 Å². The minimum absolute atomic E-state index is 0.0939. The van der Waals surface area contributed by atoms with Crippen LogP contribution in [0.1, 0.15) is 51.3 Å². The second-order valence-electron chi connectivity index (χ2n) is 9.67. The van der Waals surface area contributed by atoms with Gasteiger partial charge in [0.1, 0.15) is 0 Å². The zero-order valence-electron chi connectivity index (χ0n) is 21.6. The first-order valence-electron chi connectivity index (χ1n) is 12.8. The van der Waals surface area contributed by atoms with E-state index in [2.05, 4.69) is 25.9 Å². The minimum Gasteiger partial charge on any atom is -0.404 e. The second-order valence-corrected chi connectivity index (χ2v) is 9.67. The van der Waals surface area contributed by atoms with Crippen molar-refractivity contribution in [3.05, 3.63) is 88.4 Å². The van der Waals surface area contributed by atoms with E-state index in [-0.39, 0.29) is 17.9 Å². The molecule has 8 nitrogen and oxygen atoms in total. The van der Waals surface area contributed by atoms with Crippen molar-refractivity contribution in [3.8, 4) is 0 Å². The molecule has 8 heteroatoms. The maximum absolute atomic E-state index is 13.1. The van der Waals surface area contributed by atoms with Crippen LogP contribution < -0.4 is 21.7 Å². The molecule has 0 spiro atoms. The quantitative estimate of drug-likeness (QED) is 0.251. The normalized spacial score (nSPS) is 18.6. The molecule has 6 N–H and O–H groups in total. The van der Waals surface area contributed by atoms with Crippen LogP contribution in [0.5, 0.6) is 0 Å². The molecule has 0 aliphatic carbocycles. The number of rotatable bonds is 6. The van der Waals surface area contributed by atoms with E-state index < -0.39 is 0 Å². The second kappa shape index (κ2) is 10.9. The number of nitrogens with zero attached hydrogens (tertiary/aromatic N) is 1. The van der Waals surface area contributed by atoms with Crippen LogP contribution in [0.15, 0.2) is 59.7 Å². The van der Waals surface area contributed by atoms with Gasteiger partial charge < -0.3 is 26.7 Å². The Morgan fingerprint density at radius 2 is 1.97 bits per heavy atom. The van der Waals surface area contributed by atoms with Gasteiger partial charge in [-0.15, -0.1) is 0 Å². The van der Waals surface area contributed by atoms with Gasteiger partial charge in [0.05, 0.1) is 16.8 Å². The molecule has 3 heterocycles. The first kappa shape index (κ1) is 25.2. The highest BCUT2D eigenvalue weighted by Gasteiger charge is 2.27. The Morgan fingerprint density at radius 3 is 2.71 bits per heavy atom. The van der Waals surface area contributed by atoms with Crippen molar-refractivity contribution in [2.45, 2.75) is 32.7 Å². The Balaban J connectivity index is 1.43. The number of carbonyl (C=O) groups excluding carboxylic acids is 2. The first-order chi connectivity index (χ1) is 18.4. The van der Waals surface area contributed by atoms with Crippen molar-refractivity contribution in [2.75, 3.05) is 18.4 Å². The third kappa shape index (κ3) is 5.17. The topological polar surface area (TPSA) is 124 Å². The van der Waals surface area contributed by atoms with Crippen LogP contribution in [0.2, 0.25) is 0 Å². The number of aromatic nitrogens is 1. The monoisotopic (exact) mass is 508 g/mol. The Hall–Kier alpha value is -4.43. The van der Waals surface area contributed by atoms with Crippen molar-refractivity contribution >= 4 is 46.6 Å². The number of allylic oxidation sites excluding steroid dienone is 1. The summed E-state index contributed by atoms with van der Waals surface area (Å²) in [5, 5.41) is 9.41. The highest BCUT2D eigenvalue weighted by molar-refractivity contribution is 6.35. The maximum Gasteiger partial charge on any atom is 0.256 e. The van der Waals surface area contributed by atoms with Gasteiger partial charge in [0.2, 0.25) is 0 Å². The van der Waals surface area contributed by atoms with E-state index in [0.717, 1.165) is 71.0 Å². The summed E-state index contributed by atoms with van der Waals surface area (Å²) in [6.07, 6.45) is 7.05. The molecule has 1 fully saturated rings. The summed E-state index contributed by atoms with van der Waals surface area (Å²) in [7, 11) is 0. The van der Waals surface area contributed by atoms with Crippen LogP contribution in [-0.4, -0.2) is 42.1 Å². The Bertz CT molecular complexity index is 1460. The van der Waals surface area contributed by atoms with Crippen LogP contribution in [0, 0.1) is 13.8 Å². The van der Waals surface area contributed by atoms with Crippen LogP contribution in [-0.2, 0) is 4.79 Å². The van der Waals surface area contributed by atoms with Gasteiger partial charge >= 0.3 is 0 Å². The van der Waals surface area contributed by atoms with Gasteiger partial charge in [0.15, 0.2) is 0 Å². The molecule has 5 rings (SSSR count). The van der Waals surface area contributed by atoms with Crippen LogP contribution >= 0.6 is 0 Å². The molecule has 194 valence electrons. The minimum atomic E-state index is -0.195. The number of nitrogens with one attached hydrogen (secondary N) is 4. The van der Waals surface area contributed by atoms with E-state index in [0.29, 0.717) is 11.1 Å². The van der Waals surface area contributed by atoms with Crippen molar-refractivity contribution < 1.29 is 9.59 Å². The van der Waals surface area contributed by atoms with E-state index in [1.54, 1.807) is 6.21 Å². The van der Waals surface area contributed by atoms with E-state index in [1.807, 2.05) is 68.5 Å². The lowest BCUT2D eigenvalue weighted by Crippen LogP contribution is -2.45. The average Bonchev–Trinajstić information content (AvgIpc) is 3.39. The number of aliphatic imine (C=N–C) groups is 1. The molecule has 0 saturated carbocycles. The number of benzene rings is 2. The van der Waals surface area contributed by atoms with Crippen molar-refractivity contribution in [1.29, 1.82) is 0 Å². The predicted molar refractivity (Wildman–Crippen MR) is 153 cm³/mol. The lowest BCUT2D eigenvalue weighted by atomic mass is 9.99. The number of aryl methyl sites for hydroxylation is 1. The molecule has 1 atom stereocenters. The van der Waals surface area contributed by atoms with E-state index in [4.69, 9.17) is 5.73 Å². The van der Waals surface area contributed by atoms with Crippen LogP contribution in [0.25, 0.3) is 17.2 Å². The largest absolute Gasteiger partial charge is 0.404 e. The molecule has 0 radical (unpaired) electrons. The summed E-state index contributed by atoms with van der Waals surface area (Å²) < 4.78 is 0. The molecule has 3 aromatic rings. The van der Waals surface area contributed by atoms with Gasteiger partial charge in [-0.2, -0.15) is 0 Å². The molecule has 2 aliphatic heterocycles. The van der Waals surface area contributed by atoms with Gasteiger partial charge in [-0.1, -0.05) is 24.3 Å². The Morgan fingerprint density at radius 1 is 1.16 bits per heavy atom. The Kier molecular flexibility index (Phi) is 7.24. The zero-order valence-corrected chi connectivity index (χ0v) is 21.6. The van der Waals surface area contributed by atoms with Gasteiger partial charge in [0.25, 0.3) is 11.8 Å². The molecular formula is C30H32N6O2. The summed E-state index contributed by atoms with van der Waals surface area (Å²) in [5.74, 6) is -0.289. The fourth-order valence-corrected chi connectivity index (χ4v) is 5.02. The number of aromatic amines is 1. The summed E-state index contributed by atoms with van der Waals surface area (Å²) in [6, 6.07) is 15.4. The number of anilines is 1. The van der Waals surface area contributed by atoms with Crippen molar-refractivity contribution in [1.82, 2.24) is 15.6 Å². The third-order valence-corrected chi connectivity index (χ3v) is 7.05. The lowest BCUT2D eigenvalue weighted by molar-refractivity contribution is -0.110. The third-order valence-electron chi connectivity index (χ3n) is 7.05. The molecule has 1 aromatic heterocycles. The molecule has 2 aromatic carbocycles. The van der Waals surface area contributed by atoms with Gasteiger partial charge in [-0.05, 0) is 74.7 Å². The molecule has 2 aliphatic rings. The fraction of sp³-hybridized carbons (Fsp3) is 0.233. The summed E-state index contributed by atoms with van der Waals surface area (Å²) in [6.45, 7) is 5.55. The molecule has 0 unspecified atom stereocenters. The van der Waals surface area contributed by atoms with Crippen molar-refractivity contribution in [2.24, 2.45) is 10.7 Å². The zero-order chi connectivity index (χ0) is 26.6. The molecule has 38 heavy (non-hydrogen) atoms. The molecule has 2 amide bonds. The smallest absolute Gasteiger partial charge is 0.256 e. The number of hydrogen-bond donors (Lipinski definition) is 5. The van der Waals surface area contributed by atoms with Gasteiger partial charge in [-0.25, -0.2) is 0 Å². The number of hydrogen-bond acceptors (Lipinski definition) is 5. The summed E-state index contributed by atoms with van der Waals surface area (Å²) >= 11 is 0. The fourth-order valence-electron chi connectivity index (χ4n) is 5.02. The summed E-state index contributed by atoms with van der Waals surface area (Å²) in [4.78, 5) is 33.9. The van der Waals surface area contributed by atoms with E-state index in [9.17, 15) is 9.59 Å². The van der Waals surface area contributed by atoms with Crippen LogP contribution in [0.3, 0.4) is 0 Å². The standard InChI is InChI=1S/C30H32N6O2/c1-18-27(34-19(2)28(18)30(38)35-23-9-6-12-32-17-23)14-25-24-13-20(10-11-26(24)36-29(25)37)21(15-31)16-33-22-7-4-3-5-8-22/h3-5,7-8,10-11,13-16,23,32,34H,6,9,12,17,31H2,1-2H3,(H,35,38)(H,36,37)/b21-15?,25-14-,33-16?/t23-/m0/s1. The number of carbonyl (C=O) groups is 2. The van der Waals surface area contributed by atoms with E-state index in [1.165, 1.54) is 6.20 Å². The number of H-pyrrole nitrogens is 1.